The molecule has 2 N–H and O–H groups in total. The molecule has 0 aromatic carbocycles. The van der Waals surface area contributed by atoms with Gasteiger partial charge in [-0.25, -0.2) is 4.98 Å². The first kappa shape index (κ1) is 21.6. The van der Waals surface area contributed by atoms with Crippen LogP contribution in [0.1, 0.15) is 46.9 Å². The molecule has 0 bridgehead atoms. The molecule has 8 nitrogen and oxygen atoms in total. The highest BCUT2D eigenvalue weighted by Gasteiger charge is 2.43. The summed E-state index contributed by atoms with van der Waals surface area (Å²) in [5.41, 5.74) is 6.24. The van der Waals surface area contributed by atoms with Gasteiger partial charge in [-0.3, -0.25) is 19.5 Å². The summed E-state index contributed by atoms with van der Waals surface area (Å²) in [6, 6.07) is 6.64. The number of H-pyrrole nitrogens is 1. The van der Waals surface area contributed by atoms with E-state index in [0.717, 1.165) is 59.5 Å². The summed E-state index contributed by atoms with van der Waals surface area (Å²) in [6.45, 7) is 6.75. The Morgan fingerprint density at radius 2 is 1.97 bits per heavy atom. The maximum Gasteiger partial charge on any atom is 0.269 e. The average molecular weight is 447 g/mol. The van der Waals surface area contributed by atoms with Crippen LogP contribution in [0, 0.1) is 6.92 Å². The molecule has 8 heteroatoms. The predicted octanol–water partition coefficient (Wildman–Crippen LogP) is 2.40. The molecule has 1 saturated carbocycles. The van der Waals surface area contributed by atoms with Gasteiger partial charge in [-0.1, -0.05) is 6.92 Å². The SMILES string of the molecule is CCc1cc2ncc(CN3CCN(c4ccc(C(=O)NC)nc4)[C@@H]4CC[C@@H]43)c(C)c2[nH]c1=O. The lowest BCUT2D eigenvalue weighted by Crippen LogP contribution is -2.64. The summed E-state index contributed by atoms with van der Waals surface area (Å²) in [5, 5.41) is 2.61. The third kappa shape index (κ3) is 3.78. The fraction of sp³-hybridized carbons (Fsp3) is 0.440. The van der Waals surface area contributed by atoms with Gasteiger partial charge in [0.15, 0.2) is 0 Å². The Balaban J connectivity index is 1.34. The molecular weight excluding hydrogens is 416 g/mol. The van der Waals surface area contributed by atoms with Crippen LogP contribution in [0.2, 0.25) is 0 Å². The van der Waals surface area contributed by atoms with Crippen molar-refractivity contribution < 1.29 is 4.79 Å². The van der Waals surface area contributed by atoms with Gasteiger partial charge in [-0.2, -0.15) is 0 Å². The van der Waals surface area contributed by atoms with Crippen LogP contribution in [0.25, 0.3) is 11.0 Å². The summed E-state index contributed by atoms with van der Waals surface area (Å²) in [4.78, 5) is 41.2. The Morgan fingerprint density at radius 3 is 2.64 bits per heavy atom. The van der Waals surface area contributed by atoms with Crippen molar-refractivity contribution in [2.75, 3.05) is 25.0 Å². The highest BCUT2D eigenvalue weighted by molar-refractivity contribution is 5.92. The number of amides is 1. The average Bonchev–Trinajstić information content (AvgIpc) is 2.81. The number of fused-ring (bicyclic) bond motifs is 2. The van der Waals surface area contributed by atoms with Crippen LogP contribution in [-0.2, 0) is 13.0 Å². The van der Waals surface area contributed by atoms with Gasteiger partial charge in [-0.15, -0.1) is 0 Å². The van der Waals surface area contributed by atoms with E-state index in [1.54, 1.807) is 13.1 Å². The van der Waals surface area contributed by atoms with Gasteiger partial charge >= 0.3 is 0 Å². The minimum Gasteiger partial charge on any atom is -0.364 e. The highest BCUT2D eigenvalue weighted by atomic mass is 16.1. The first-order valence-corrected chi connectivity index (χ1v) is 11.7. The molecule has 2 aliphatic rings. The zero-order chi connectivity index (χ0) is 23.1. The number of nitrogens with one attached hydrogen (secondary N) is 2. The van der Waals surface area contributed by atoms with Crippen molar-refractivity contribution in [1.29, 1.82) is 0 Å². The minimum absolute atomic E-state index is 0.0178. The molecule has 1 aliphatic carbocycles. The lowest BCUT2D eigenvalue weighted by molar-refractivity contribution is 0.0657. The number of aromatic nitrogens is 3. The summed E-state index contributed by atoms with van der Waals surface area (Å²) in [6.07, 6.45) is 6.80. The standard InChI is InChI=1S/C25H30N6O2/c1-4-16-11-20-23(29-24(16)32)15(2)17(12-27-20)14-30-9-10-31(22-8-7-21(22)30)18-5-6-19(28-13-18)25(33)26-3/h5-6,11-13,21-22H,4,7-10,14H2,1-3H3,(H,26,33)(H,29,32)/t21-,22+/m0/s1. The molecule has 2 fully saturated rings. The molecule has 0 radical (unpaired) electrons. The first-order valence-electron chi connectivity index (χ1n) is 11.7. The molecule has 3 aromatic heterocycles. The molecule has 1 amide bonds. The molecule has 4 heterocycles. The fourth-order valence-corrected chi connectivity index (χ4v) is 5.15. The number of hydrogen-bond donors (Lipinski definition) is 2. The van der Waals surface area contributed by atoms with E-state index in [2.05, 4.69) is 37.0 Å². The van der Waals surface area contributed by atoms with Crippen LogP contribution < -0.4 is 15.8 Å². The maximum atomic E-state index is 12.3. The van der Waals surface area contributed by atoms with Crippen LogP contribution in [0.3, 0.4) is 0 Å². The zero-order valence-electron chi connectivity index (χ0n) is 19.4. The normalized spacial score (nSPS) is 20.4. The van der Waals surface area contributed by atoms with E-state index in [4.69, 9.17) is 0 Å². The first-order chi connectivity index (χ1) is 16.0. The summed E-state index contributed by atoms with van der Waals surface area (Å²) < 4.78 is 0. The second-order valence-electron chi connectivity index (χ2n) is 9.00. The minimum atomic E-state index is -0.167. The number of aryl methyl sites for hydroxylation is 2. The van der Waals surface area contributed by atoms with E-state index in [0.29, 0.717) is 24.2 Å². The molecule has 0 spiro atoms. The van der Waals surface area contributed by atoms with Crippen molar-refractivity contribution in [3.63, 3.8) is 0 Å². The molecular formula is C25H30N6O2. The van der Waals surface area contributed by atoms with Gasteiger partial charge in [0.1, 0.15) is 5.69 Å². The zero-order valence-corrected chi connectivity index (χ0v) is 19.4. The van der Waals surface area contributed by atoms with Crippen molar-refractivity contribution in [3.8, 4) is 0 Å². The number of aromatic amines is 1. The number of pyridine rings is 3. The predicted molar refractivity (Wildman–Crippen MR) is 129 cm³/mol. The topological polar surface area (TPSA) is 94.2 Å². The van der Waals surface area contributed by atoms with E-state index in [1.165, 1.54) is 6.42 Å². The Bertz CT molecular complexity index is 1250. The van der Waals surface area contributed by atoms with Crippen molar-refractivity contribution in [2.45, 2.75) is 51.7 Å². The molecule has 5 rings (SSSR count). The monoisotopic (exact) mass is 446 g/mol. The smallest absolute Gasteiger partial charge is 0.269 e. The number of anilines is 1. The van der Waals surface area contributed by atoms with Gasteiger partial charge in [0.2, 0.25) is 0 Å². The van der Waals surface area contributed by atoms with Crippen molar-refractivity contribution in [3.05, 3.63) is 63.3 Å². The van der Waals surface area contributed by atoms with Gasteiger partial charge in [-0.05, 0) is 55.5 Å². The lowest BCUT2D eigenvalue weighted by atomic mass is 9.81. The van der Waals surface area contributed by atoms with Crippen LogP contribution in [0.4, 0.5) is 5.69 Å². The van der Waals surface area contributed by atoms with Crippen LogP contribution >= 0.6 is 0 Å². The number of piperazine rings is 1. The summed E-state index contributed by atoms with van der Waals surface area (Å²) >= 11 is 0. The van der Waals surface area contributed by atoms with Gasteiger partial charge in [0.05, 0.1) is 22.9 Å². The van der Waals surface area contributed by atoms with E-state index < -0.39 is 0 Å². The number of carbonyl (C=O) groups is 1. The van der Waals surface area contributed by atoms with E-state index >= 15 is 0 Å². The molecule has 33 heavy (non-hydrogen) atoms. The van der Waals surface area contributed by atoms with Gasteiger partial charge in [0.25, 0.3) is 11.5 Å². The Kier molecular flexibility index (Phi) is 5.62. The second-order valence-corrected chi connectivity index (χ2v) is 9.00. The molecule has 0 unspecified atom stereocenters. The third-order valence-electron chi connectivity index (χ3n) is 7.31. The van der Waals surface area contributed by atoms with Crippen LogP contribution in [0.5, 0.6) is 0 Å². The Hall–Kier alpha value is -3.26. The molecule has 1 saturated heterocycles. The number of carbonyl (C=O) groups excluding carboxylic acids is 1. The number of hydrogen-bond acceptors (Lipinski definition) is 6. The van der Waals surface area contributed by atoms with Crippen molar-refractivity contribution in [1.82, 2.24) is 25.2 Å². The third-order valence-corrected chi connectivity index (χ3v) is 7.31. The largest absolute Gasteiger partial charge is 0.364 e. The van der Waals surface area contributed by atoms with Crippen LogP contribution in [0.15, 0.2) is 35.4 Å². The van der Waals surface area contributed by atoms with Crippen molar-refractivity contribution >= 4 is 22.6 Å². The van der Waals surface area contributed by atoms with Crippen LogP contribution in [-0.4, -0.2) is 58.0 Å². The second kappa shape index (κ2) is 8.59. The molecule has 2 atom stereocenters. The number of rotatable bonds is 5. The molecule has 172 valence electrons. The highest BCUT2D eigenvalue weighted by Crippen LogP contribution is 2.37. The van der Waals surface area contributed by atoms with Gasteiger partial charge < -0.3 is 15.2 Å². The Morgan fingerprint density at radius 1 is 1.15 bits per heavy atom. The Labute approximate surface area is 193 Å². The molecule has 1 aliphatic heterocycles. The maximum absolute atomic E-state index is 12.3. The van der Waals surface area contributed by atoms with Gasteiger partial charge in [0, 0.05) is 50.5 Å². The van der Waals surface area contributed by atoms with Crippen molar-refractivity contribution in [2.24, 2.45) is 0 Å². The quantitative estimate of drug-likeness (QED) is 0.625. The summed E-state index contributed by atoms with van der Waals surface area (Å²) in [5.74, 6) is -0.167. The van der Waals surface area contributed by atoms with E-state index in [9.17, 15) is 9.59 Å². The van der Waals surface area contributed by atoms with E-state index in [1.807, 2.05) is 31.5 Å². The lowest BCUT2D eigenvalue weighted by Gasteiger charge is -2.54. The molecule has 3 aromatic rings. The fourth-order valence-electron chi connectivity index (χ4n) is 5.15. The summed E-state index contributed by atoms with van der Waals surface area (Å²) in [7, 11) is 1.61. The van der Waals surface area contributed by atoms with E-state index in [-0.39, 0.29) is 11.5 Å². The number of nitrogens with zero attached hydrogens (tertiary/aromatic N) is 4.